The van der Waals surface area contributed by atoms with E-state index in [4.69, 9.17) is 5.73 Å². The van der Waals surface area contributed by atoms with Gasteiger partial charge in [-0.1, -0.05) is 87.5 Å². The molecule has 1 amide bonds. The molecule has 0 atom stereocenters. The summed E-state index contributed by atoms with van der Waals surface area (Å²) < 4.78 is 14.6. The van der Waals surface area contributed by atoms with Crippen LogP contribution in [-0.2, 0) is 9.98 Å². The second-order valence-electron chi connectivity index (χ2n) is 7.63. The van der Waals surface area contributed by atoms with Crippen LogP contribution < -0.4 is 21.6 Å². The summed E-state index contributed by atoms with van der Waals surface area (Å²) in [6.45, 7) is 6.27. The van der Waals surface area contributed by atoms with Gasteiger partial charge in [0.1, 0.15) is 0 Å². The van der Waals surface area contributed by atoms with Crippen molar-refractivity contribution >= 4 is 29.0 Å². The molecule has 0 saturated heterocycles. The zero-order chi connectivity index (χ0) is 19.7. The number of benzene rings is 3. The molecule has 3 nitrogen and oxygen atoms in total. The van der Waals surface area contributed by atoms with Crippen LogP contribution in [0, 0.1) is 0 Å². The molecule has 0 saturated carbocycles. The lowest BCUT2D eigenvalue weighted by Gasteiger charge is -2.26. The third kappa shape index (κ3) is 3.61. The molecule has 4 heteroatoms. The Hall–Kier alpha value is -2.64. The average Bonchev–Trinajstić information content (AvgIpc) is 2.67. The van der Waals surface area contributed by atoms with Gasteiger partial charge in [-0.3, -0.25) is 4.79 Å². The molecule has 0 fully saturated rings. The second kappa shape index (κ2) is 7.17. The Morgan fingerprint density at radius 2 is 1.30 bits per heavy atom. The number of amides is 1. The first kappa shape index (κ1) is 19.1. The van der Waals surface area contributed by atoms with Gasteiger partial charge in [-0.2, -0.15) is 0 Å². The smallest absolute Gasteiger partial charge is 0.249 e. The van der Waals surface area contributed by atoms with Crippen LogP contribution in [0.15, 0.2) is 78.9 Å². The van der Waals surface area contributed by atoms with Gasteiger partial charge < -0.3 is 10.3 Å². The lowest BCUT2D eigenvalue weighted by molar-refractivity contribution is 0.100. The topological polar surface area (TPSA) is 60.2 Å². The maximum Gasteiger partial charge on any atom is 0.249 e. The summed E-state index contributed by atoms with van der Waals surface area (Å²) in [5.41, 5.74) is 6.83. The van der Waals surface area contributed by atoms with E-state index in [9.17, 15) is 9.36 Å². The highest BCUT2D eigenvalue weighted by molar-refractivity contribution is 7.85. The van der Waals surface area contributed by atoms with E-state index in [1.807, 2.05) is 72.8 Å². The highest BCUT2D eigenvalue weighted by Gasteiger charge is 2.34. The SMILES string of the molecule is CC(C)(C)c1ccc(C(N)=O)c(P(=O)(c2ccccc2)c2ccccc2)c1. The lowest BCUT2D eigenvalue weighted by atomic mass is 9.86. The van der Waals surface area contributed by atoms with Crippen molar-refractivity contribution in [3.63, 3.8) is 0 Å². The van der Waals surface area contributed by atoms with E-state index in [2.05, 4.69) is 20.8 Å². The number of nitrogens with two attached hydrogens (primary N) is 1. The van der Waals surface area contributed by atoms with E-state index in [1.54, 1.807) is 6.07 Å². The summed E-state index contributed by atoms with van der Waals surface area (Å²) >= 11 is 0. The zero-order valence-corrected chi connectivity index (χ0v) is 16.7. The standard InChI is InChI=1S/C23H24NO2P/c1-23(2,3)17-14-15-20(22(24)25)21(16-17)27(26,18-10-6-4-7-11-18)19-12-8-5-9-13-19/h4-16H,1-3H3,(H2,24,25). The van der Waals surface area contributed by atoms with Crippen molar-refractivity contribution in [3.8, 4) is 0 Å². The van der Waals surface area contributed by atoms with Crippen molar-refractivity contribution in [2.75, 3.05) is 0 Å². The molecule has 0 bridgehead atoms. The Kier molecular flexibility index (Phi) is 5.08. The minimum Gasteiger partial charge on any atom is -0.366 e. The van der Waals surface area contributed by atoms with E-state index in [1.165, 1.54) is 0 Å². The van der Waals surface area contributed by atoms with E-state index >= 15 is 0 Å². The number of carbonyl (C=O) groups is 1. The van der Waals surface area contributed by atoms with Crippen molar-refractivity contribution in [2.24, 2.45) is 5.73 Å². The molecule has 0 aliphatic heterocycles. The third-order valence-electron chi connectivity index (χ3n) is 4.71. The normalized spacial score (nSPS) is 12.0. The van der Waals surface area contributed by atoms with Crippen LogP contribution in [0.1, 0.15) is 36.7 Å². The number of hydrogen-bond donors (Lipinski definition) is 1. The molecule has 0 spiro atoms. The largest absolute Gasteiger partial charge is 0.366 e. The van der Waals surface area contributed by atoms with Crippen molar-refractivity contribution < 1.29 is 9.36 Å². The summed E-state index contributed by atoms with van der Waals surface area (Å²) in [4.78, 5) is 12.2. The average molecular weight is 377 g/mol. The molecule has 0 aliphatic carbocycles. The molecule has 3 aromatic rings. The Morgan fingerprint density at radius 1 is 0.815 bits per heavy atom. The summed E-state index contributed by atoms with van der Waals surface area (Å²) in [5, 5.41) is 1.87. The van der Waals surface area contributed by atoms with Gasteiger partial charge in [-0.15, -0.1) is 0 Å². The van der Waals surface area contributed by atoms with Gasteiger partial charge in [0.2, 0.25) is 5.91 Å². The van der Waals surface area contributed by atoms with Gasteiger partial charge in [0.25, 0.3) is 0 Å². The van der Waals surface area contributed by atoms with Gasteiger partial charge in [-0.25, -0.2) is 0 Å². The molecule has 0 radical (unpaired) electrons. The third-order valence-corrected chi connectivity index (χ3v) is 7.81. The van der Waals surface area contributed by atoms with Crippen molar-refractivity contribution in [1.82, 2.24) is 0 Å². The first-order valence-electron chi connectivity index (χ1n) is 8.91. The zero-order valence-electron chi connectivity index (χ0n) is 15.8. The van der Waals surface area contributed by atoms with Gasteiger partial charge in [0, 0.05) is 15.9 Å². The summed E-state index contributed by atoms with van der Waals surface area (Å²) in [6.07, 6.45) is 0. The molecule has 27 heavy (non-hydrogen) atoms. The van der Waals surface area contributed by atoms with Gasteiger partial charge in [0.05, 0.1) is 5.56 Å². The number of hydrogen-bond acceptors (Lipinski definition) is 2. The number of rotatable bonds is 4. The minimum absolute atomic E-state index is 0.150. The molecule has 0 unspecified atom stereocenters. The Bertz CT molecular complexity index is 962. The molecular formula is C23H24NO2P. The Balaban J connectivity index is 2.40. The fourth-order valence-corrected chi connectivity index (χ4v) is 6.05. The Labute approximate surface area is 160 Å². The fourth-order valence-electron chi connectivity index (χ4n) is 3.17. The maximum absolute atomic E-state index is 14.6. The van der Waals surface area contributed by atoms with Crippen LogP contribution in [0.5, 0.6) is 0 Å². The molecular weight excluding hydrogens is 353 g/mol. The van der Waals surface area contributed by atoms with Gasteiger partial charge in [-0.05, 0) is 23.1 Å². The van der Waals surface area contributed by atoms with Gasteiger partial charge in [0.15, 0.2) is 7.14 Å². The first-order valence-corrected chi connectivity index (χ1v) is 10.6. The molecule has 0 aromatic heterocycles. The van der Waals surface area contributed by atoms with Crippen LogP contribution in [0.4, 0.5) is 0 Å². The van der Waals surface area contributed by atoms with Crippen molar-refractivity contribution in [3.05, 3.63) is 90.0 Å². The summed E-state index contributed by atoms with van der Waals surface area (Å²) in [5.74, 6) is -0.572. The van der Waals surface area contributed by atoms with Gasteiger partial charge >= 0.3 is 0 Å². The molecule has 3 aromatic carbocycles. The van der Waals surface area contributed by atoms with Crippen molar-refractivity contribution in [1.29, 1.82) is 0 Å². The monoisotopic (exact) mass is 377 g/mol. The van der Waals surface area contributed by atoms with Crippen LogP contribution >= 0.6 is 7.14 Å². The molecule has 3 rings (SSSR count). The second-order valence-corrected chi connectivity index (χ2v) is 10.4. The molecule has 0 aliphatic rings. The van der Waals surface area contributed by atoms with E-state index in [0.29, 0.717) is 21.5 Å². The number of carbonyl (C=O) groups excluding carboxylic acids is 1. The quantitative estimate of drug-likeness (QED) is 0.705. The first-order chi connectivity index (χ1) is 12.7. The molecule has 138 valence electrons. The fraction of sp³-hybridized carbons (Fsp3) is 0.174. The van der Waals surface area contributed by atoms with E-state index in [-0.39, 0.29) is 5.41 Å². The predicted molar refractivity (Wildman–Crippen MR) is 113 cm³/mol. The van der Waals surface area contributed by atoms with Crippen molar-refractivity contribution in [2.45, 2.75) is 26.2 Å². The molecule has 2 N–H and O–H groups in total. The summed E-state index contributed by atoms with van der Waals surface area (Å²) in [7, 11) is -3.27. The predicted octanol–water partition coefficient (Wildman–Crippen LogP) is 3.72. The minimum atomic E-state index is -3.27. The van der Waals surface area contributed by atoms with Crippen LogP contribution in [0.25, 0.3) is 0 Å². The lowest BCUT2D eigenvalue weighted by Crippen LogP contribution is -2.32. The van der Waals surface area contributed by atoms with Crippen LogP contribution in [0.3, 0.4) is 0 Å². The van der Waals surface area contributed by atoms with E-state index < -0.39 is 13.0 Å². The number of primary amides is 1. The highest BCUT2D eigenvalue weighted by Crippen LogP contribution is 2.44. The highest BCUT2D eigenvalue weighted by atomic mass is 31.2. The van der Waals surface area contributed by atoms with E-state index in [0.717, 1.165) is 5.56 Å². The Morgan fingerprint density at radius 3 is 1.70 bits per heavy atom. The molecule has 0 heterocycles. The maximum atomic E-state index is 14.6. The summed E-state index contributed by atoms with van der Waals surface area (Å²) in [6, 6.07) is 24.1. The van der Waals surface area contributed by atoms with Crippen LogP contribution in [-0.4, -0.2) is 5.91 Å². The van der Waals surface area contributed by atoms with Crippen LogP contribution in [0.2, 0.25) is 0 Å².